The van der Waals surface area contributed by atoms with Gasteiger partial charge in [0.15, 0.2) is 5.78 Å². The van der Waals surface area contributed by atoms with Gasteiger partial charge < -0.3 is 0 Å². The predicted octanol–water partition coefficient (Wildman–Crippen LogP) is 2.86. The molecule has 1 aliphatic heterocycles. The van der Waals surface area contributed by atoms with Gasteiger partial charge in [0.1, 0.15) is 4.83 Å². The zero-order valence-electron chi connectivity index (χ0n) is 17.1. The lowest BCUT2D eigenvalue weighted by Crippen LogP contribution is -2.28. The molecule has 4 rings (SSSR count). The van der Waals surface area contributed by atoms with Crippen molar-refractivity contribution in [1.29, 1.82) is 0 Å². The van der Waals surface area contributed by atoms with Crippen LogP contribution in [0.4, 0.5) is 5.69 Å². The molecule has 0 saturated carbocycles. The van der Waals surface area contributed by atoms with Gasteiger partial charge in [0.25, 0.3) is 5.56 Å². The number of hydrogen-bond donors (Lipinski definition) is 0. The number of fused-ring (bicyclic) bond motifs is 2. The van der Waals surface area contributed by atoms with E-state index in [2.05, 4.69) is 18.8 Å². The van der Waals surface area contributed by atoms with E-state index in [1.54, 1.807) is 18.2 Å². The van der Waals surface area contributed by atoms with E-state index in [0.717, 1.165) is 23.1 Å². The largest absolute Gasteiger partial charge is 0.292 e. The van der Waals surface area contributed by atoms with E-state index in [9.17, 15) is 18.0 Å². The lowest BCUT2D eigenvalue weighted by atomic mass is 10.1. The number of carbonyl (C=O) groups excluding carboxylic acids is 1. The smallest absolute Gasteiger partial charge is 0.262 e. The van der Waals surface area contributed by atoms with Gasteiger partial charge in [-0.15, -0.1) is 11.3 Å². The predicted molar refractivity (Wildman–Crippen MR) is 119 cm³/mol. The molecule has 3 aromatic rings. The second-order valence-electron chi connectivity index (χ2n) is 8.06. The minimum Gasteiger partial charge on any atom is -0.292 e. The van der Waals surface area contributed by atoms with Crippen molar-refractivity contribution in [2.24, 2.45) is 5.92 Å². The van der Waals surface area contributed by atoms with Crippen molar-refractivity contribution < 1.29 is 13.2 Å². The standard InChI is InChI=1S/C21H23N3O4S2/c1-13(2)8-16-10-17-20(29-16)22-12-23(21(17)26)11-19(25)15-5-4-14-6-7-24(18(14)9-15)30(3,27)28/h4-5,9-10,12-13H,6-8,11H2,1-3H3. The van der Waals surface area contributed by atoms with Crippen molar-refractivity contribution in [2.45, 2.75) is 33.2 Å². The highest BCUT2D eigenvalue weighted by Crippen LogP contribution is 2.31. The molecule has 0 bridgehead atoms. The Labute approximate surface area is 179 Å². The van der Waals surface area contributed by atoms with E-state index < -0.39 is 10.0 Å². The molecule has 1 aliphatic rings. The van der Waals surface area contributed by atoms with Gasteiger partial charge in [-0.05, 0) is 36.5 Å². The van der Waals surface area contributed by atoms with Gasteiger partial charge in [0, 0.05) is 17.0 Å². The number of aromatic nitrogens is 2. The molecule has 0 fully saturated rings. The molecule has 2 aromatic heterocycles. The normalized spacial score (nSPS) is 13.9. The lowest BCUT2D eigenvalue weighted by molar-refractivity contribution is 0.0970. The van der Waals surface area contributed by atoms with Crippen LogP contribution in [0.5, 0.6) is 0 Å². The van der Waals surface area contributed by atoms with Crippen LogP contribution in [0.15, 0.2) is 35.4 Å². The molecular formula is C21H23N3O4S2. The lowest BCUT2D eigenvalue weighted by Gasteiger charge is -2.17. The number of ketones is 1. The summed E-state index contributed by atoms with van der Waals surface area (Å²) < 4.78 is 26.6. The van der Waals surface area contributed by atoms with Crippen LogP contribution in [0.1, 0.15) is 34.6 Å². The van der Waals surface area contributed by atoms with Gasteiger partial charge in [0.05, 0.1) is 30.2 Å². The number of nitrogens with zero attached hydrogens (tertiary/aromatic N) is 3. The molecule has 0 saturated heterocycles. The average Bonchev–Trinajstić information content (AvgIpc) is 3.26. The molecule has 0 amide bonds. The summed E-state index contributed by atoms with van der Waals surface area (Å²) in [6.07, 6.45) is 4.07. The Bertz CT molecular complexity index is 1310. The van der Waals surface area contributed by atoms with Gasteiger partial charge in [-0.3, -0.25) is 18.5 Å². The third-order valence-corrected chi connectivity index (χ3v) is 7.40. The van der Waals surface area contributed by atoms with E-state index in [-0.39, 0.29) is 17.9 Å². The summed E-state index contributed by atoms with van der Waals surface area (Å²) in [4.78, 5) is 31.9. The van der Waals surface area contributed by atoms with Crippen LogP contribution < -0.4 is 9.86 Å². The van der Waals surface area contributed by atoms with Crippen molar-refractivity contribution in [3.8, 4) is 0 Å². The molecule has 0 aliphatic carbocycles. The third-order valence-electron chi connectivity index (χ3n) is 5.15. The molecule has 158 valence electrons. The summed E-state index contributed by atoms with van der Waals surface area (Å²) in [6.45, 7) is 4.48. The first kappa shape index (κ1) is 20.7. The maximum absolute atomic E-state index is 12.9. The third kappa shape index (κ3) is 3.91. The van der Waals surface area contributed by atoms with Crippen molar-refractivity contribution >= 4 is 43.0 Å². The Hall–Kier alpha value is -2.52. The molecule has 3 heterocycles. The van der Waals surface area contributed by atoms with E-state index >= 15 is 0 Å². The molecule has 0 spiro atoms. The quantitative estimate of drug-likeness (QED) is 0.544. The van der Waals surface area contributed by atoms with Gasteiger partial charge in [-0.1, -0.05) is 26.0 Å². The minimum atomic E-state index is -3.40. The number of benzene rings is 1. The number of Topliss-reactive ketones (excluding diaryl/α,β-unsaturated/α-hetero) is 1. The van der Waals surface area contributed by atoms with Crippen molar-refractivity contribution in [3.63, 3.8) is 0 Å². The Morgan fingerprint density at radius 2 is 2.03 bits per heavy atom. The highest BCUT2D eigenvalue weighted by molar-refractivity contribution is 7.92. The fraction of sp³-hybridized carbons (Fsp3) is 0.381. The minimum absolute atomic E-state index is 0.144. The van der Waals surface area contributed by atoms with Crippen molar-refractivity contribution in [3.05, 3.63) is 57.0 Å². The average molecular weight is 446 g/mol. The maximum atomic E-state index is 12.9. The molecular weight excluding hydrogens is 422 g/mol. The number of rotatable bonds is 6. The summed E-state index contributed by atoms with van der Waals surface area (Å²) >= 11 is 1.51. The highest BCUT2D eigenvalue weighted by atomic mass is 32.2. The zero-order valence-corrected chi connectivity index (χ0v) is 18.7. The maximum Gasteiger partial charge on any atom is 0.262 e. The van der Waals surface area contributed by atoms with Crippen LogP contribution in [-0.2, 0) is 29.4 Å². The summed E-state index contributed by atoms with van der Waals surface area (Å²) in [5.74, 6) is 0.215. The topological polar surface area (TPSA) is 89.3 Å². The Morgan fingerprint density at radius 3 is 2.73 bits per heavy atom. The molecule has 9 heteroatoms. The second kappa shape index (κ2) is 7.63. The van der Waals surface area contributed by atoms with Crippen LogP contribution in [0.25, 0.3) is 10.2 Å². The van der Waals surface area contributed by atoms with E-state index in [1.807, 2.05) is 6.07 Å². The van der Waals surface area contributed by atoms with Crippen molar-refractivity contribution in [1.82, 2.24) is 9.55 Å². The van der Waals surface area contributed by atoms with E-state index in [1.165, 1.54) is 26.5 Å². The number of anilines is 1. The summed E-state index contributed by atoms with van der Waals surface area (Å²) in [5, 5.41) is 0.531. The summed E-state index contributed by atoms with van der Waals surface area (Å²) in [6, 6.07) is 6.95. The zero-order chi connectivity index (χ0) is 21.6. The number of hydrogen-bond acceptors (Lipinski definition) is 6. The fourth-order valence-corrected chi connectivity index (χ4v) is 5.89. The van der Waals surface area contributed by atoms with Crippen LogP contribution >= 0.6 is 11.3 Å². The van der Waals surface area contributed by atoms with Gasteiger partial charge in [-0.2, -0.15) is 0 Å². The Kier molecular flexibility index (Phi) is 5.27. The van der Waals surface area contributed by atoms with Crippen LogP contribution in [0.2, 0.25) is 0 Å². The van der Waals surface area contributed by atoms with E-state index in [4.69, 9.17) is 0 Å². The second-order valence-corrected chi connectivity index (χ2v) is 11.1. The molecule has 1 aromatic carbocycles. The number of sulfonamides is 1. The Balaban J connectivity index is 1.62. The molecule has 7 nitrogen and oxygen atoms in total. The molecule has 0 N–H and O–H groups in total. The molecule has 30 heavy (non-hydrogen) atoms. The SMILES string of the molecule is CC(C)Cc1cc2c(=O)n(CC(=O)c3ccc4c(c3)N(S(C)(=O)=O)CC4)cnc2s1. The highest BCUT2D eigenvalue weighted by Gasteiger charge is 2.27. The fourth-order valence-electron chi connectivity index (χ4n) is 3.74. The van der Waals surface area contributed by atoms with Crippen LogP contribution in [-0.4, -0.2) is 36.6 Å². The van der Waals surface area contributed by atoms with Crippen LogP contribution in [0.3, 0.4) is 0 Å². The van der Waals surface area contributed by atoms with Gasteiger partial charge >= 0.3 is 0 Å². The number of carbonyl (C=O) groups is 1. The number of thiophene rings is 1. The molecule has 0 unspecified atom stereocenters. The molecule has 0 radical (unpaired) electrons. The first-order valence-corrected chi connectivity index (χ1v) is 12.4. The van der Waals surface area contributed by atoms with Gasteiger partial charge in [0.2, 0.25) is 10.0 Å². The Morgan fingerprint density at radius 1 is 1.27 bits per heavy atom. The molecule has 0 atom stereocenters. The van der Waals surface area contributed by atoms with Crippen molar-refractivity contribution in [2.75, 3.05) is 17.1 Å². The first-order chi connectivity index (χ1) is 14.1. The monoisotopic (exact) mass is 445 g/mol. The van der Waals surface area contributed by atoms with Gasteiger partial charge in [-0.25, -0.2) is 13.4 Å². The van der Waals surface area contributed by atoms with E-state index in [0.29, 0.717) is 40.4 Å². The van der Waals surface area contributed by atoms with Crippen LogP contribution in [0, 0.1) is 5.92 Å². The first-order valence-electron chi connectivity index (χ1n) is 9.75. The summed E-state index contributed by atoms with van der Waals surface area (Å²) in [7, 11) is -3.40. The summed E-state index contributed by atoms with van der Waals surface area (Å²) in [5.41, 5.74) is 1.58.